The van der Waals surface area contributed by atoms with Gasteiger partial charge in [-0.05, 0) is 49.8 Å². The van der Waals surface area contributed by atoms with Crippen LogP contribution in [0.3, 0.4) is 0 Å². The van der Waals surface area contributed by atoms with Gasteiger partial charge < -0.3 is 14.8 Å². The van der Waals surface area contributed by atoms with Gasteiger partial charge in [-0.2, -0.15) is 0 Å². The van der Waals surface area contributed by atoms with Crippen LogP contribution in [-0.4, -0.2) is 40.5 Å². The number of aryl methyl sites for hydroxylation is 1. The fourth-order valence-electron chi connectivity index (χ4n) is 2.42. The van der Waals surface area contributed by atoms with Crippen molar-refractivity contribution in [1.82, 2.24) is 5.32 Å². The zero-order valence-corrected chi connectivity index (χ0v) is 13.2. The fraction of sp³-hybridized carbons (Fsp3) is 0.647. The summed E-state index contributed by atoms with van der Waals surface area (Å²) in [4.78, 5) is 0. The van der Waals surface area contributed by atoms with Crippen molar-refractivity contribution in [3.8, 4) is 0 Å². The Hall–Kier alpha value is -0.900. The van der Waals surface area contributed by atoms with Crippen molar-refractivity contribution >= 4 is 0 Å². The number of benzene rings is 1. The molecule has 0 aliphatic heterocycles. The molecule has 1 rings (SSSR count). The topological polar surface area (TPSA) is 30.5 Å². The molecule has 0 aliphatic carbocycles. The van der Waals surface area contributed by atoms with Crippen molar-refractivity contribution < 1.29 is 9.47 Å². The van der Waals surface area contributed by atoms with Gasteiger partial charge in [-0.15, -0.1) is 0 Å². The molecule has 114 valence electrons. The van der Waals surface area contributed by atoms with Gasteiger partial charge in [0.2, 0.25) is 0 Å². The molecule has 1 N–H and O–H groups in total. The van der Waals surface area contributed by atoms with E-state index in [0.29, 0.717) is 5.92 Å². The van der Waals surface area contributed by atoms with Crippen LogP contribution in [0.25, 0.3) is 0 Å². The summed E-state index contributed by atoms with van der Waals surface area (Å²) in [5.41, 5.74) is 2.85. The van der Waals surface area contributed by atoms with Gasteiger partial charge in [0.1, 0.15) is 0 Å². The van der Waals surface area contributed by atoms with E-state index in [9.17, 15) is 0 Å². The highest BCUT2D eigenvalue weighted by Gasteiger charge is 2.10. The second kappa shape index (κ2) is 10.8. The molecule has 0 bridgehead atoms. The van der Waals surface area contributed by atoms with E-state index < -0.39 is 0 Å². The maximum Gasteiger partial charge on any atom is 0.0587 e. The summed E-state index contributed by atoms with van der Waals surface area (Å²) in [5, 5.41) is 3.49. The van der Waals surface area contributed by atoms with Gasteiger partial charge >= 0.3 is 0 Å². The molecule has 0 aliphatic rings. The Kier molecular flexibility index (Phi) is 9.29. The number of nitrogens with one attached hydrogen (secondary N) is 1. The molecule has 0 aromatic heterocycles. The average Bonchev–Trinajstić information content (AvgIpc) is 2.46. The van der Waals surface area contributed by atoms with Gasteiger partial charge in [0, 0.05) is 27.4 Å². The van der Waals surface area contributed by atoms with Crippen molar-refractivity contribution in [2.75, 3.05) is 40.5 Å². The Morgan fingerprint density at radius 3 is 2.55 bits per heavy atom. The van der Waals surface area contributed by atoms with Crippen molar-refractivity contribution in [2.45, 2.75) is 26.2 Å². The Bertz CT molecular complexity index is 355. The normalized spacial score (nSPS) is 12.6. The first-order chi connectivity index (χ1) is 9.77. The van der Waals surface area contributed by atoms with Crippen LogP contribution in [0.1, 0.15) is 24.0 Å². The van der Waals surface area contributed by atoms with Crippen molar-refractivity contribution in [1.29, 1.82) is 0 Å². The molecule has 3 heteroatoms. The standard InChI is InChI=1S/C17H29NO2/c1-15-7-4-5-9-17(15)13-16(8-6-11-19-2)14-18-10-12-20-3/h4-5,7,9,16,18H,6,8,10-14H2,1-3H3. The van der Waals surface area contributed by atoms with E-state index in [1.807, 2.05) is 0 Å². The SMILES string of the molecule is COCCCC(CNCCOC)Cc1ccccc1C. The van der Waals surface area contributed by atoms with E-state index in [2.05, 4.69) is 36.5 Å². The molecule has 0 fully saturated rings. The molecule has 0 spiro atoms. The molecular formula is C17H29NO2. The van der Waals surface area contributed by atoms with Gasteiger partial charge in [0.15, 0.2) is 0 Å². The molecular weight excluding hydrogens is 250 g/mol. The molecule has 0 heterocycles. The summed E-state index contributed by atoms with van der Waals surface area (Å²) in [6.45, 7) is 5.78. The molecule has 0 amide bonds. The molecule has 3 nitrogen and oxygen atoms in total. The smallest absolute Gasteiger partial charge is 0.0587 e. The molecule has 20 heavy (non-hydrogen) atoms. The van der Waals surface area contributed by atoms with Crippen LogP contribution < -0.4 is 5.32 Å². The highest BCUT2D eigenvalue weighted by molar-refractivity contribution is 5.25. The lowest BCUT2D eigenvalue weighted by Crippen LogP contribution is -2.27. The van der Waals surface area contributed by atoms with Crippen molar-refractivity contribution in [3.05, 3.63) is 35.4 Å². The van der Waals surface area contributed by atoms with E-state index in [0.717, 1.165) is 39.1 Å². The van der Waals surface area contributed by atoms with E-state index in [1.165, 1.54) is 17.5 Å². The largest absolute Gasteiger partial charge is 0.385 e. The van der Waals surface area contributed by atoms with Gasteiger partial charge in [0.25, 0.3) is 0 Å². The third-order valence-corrected chi connectivity index (χ3v) is 3.65. The van der Waals surface area contributed by atoms with Crippen LogP contribution in [0.15, 0.2) is 24.3 Å². The molecule has 1 atom stereocenters. The summed E-state index contributed by atoms with van der Waals surface area (Å²) in [5.74, 6) is 0.656. The van der Waals surface area contributed by atoms with Gasteiger partial charge in [0.05, 0.1) is 6.61 Å². The molecule has 1 aromatic rings. The first kappa shape index (κ1) is 17.2. The van der Waals surface area contributed by atoms with E-state index in [-0.39, 0.29) is 0 Å². The molecule has 1 aromatic carbocycles. The van der Waals surface area contributed by atoms with Crippen molar-refractivity contribution in [3.63, 3.8) is 0 Å². The average molecular weight is 279 g/mol. The summed E-state index contributed by atoms with van der Waals surface area (Å²) >= 11 is 0. The predicted molar refractivity (Wildman–Crippen MR) is 84.2 cm³/mol. The predicted octanol–water partition coefficient (Wildman–Crippen LogP) is 2.82. The van der Waals surface area contributed by atoms with Crippen molar-refractivity contribution in [2.24, 2.45) is 5.92 Å². The van der Waals surface area contributed by atoms with Crippen LogP contribution in [0.2, 0.25) is 0 Å². The number of hydrogen-bond donors (Lipinski definition) is 1. The van der Waals surface area contributed by atoms with Crippen LogP contribution in [0.5, 0.6) is 0 Å². The monoisotopic (exact) mass is 279 g/mol. The Labute approximate surface area is 123 Å². The molecule has 0 radical (unpaired) electrons. The van der Waals surface area contributed by atoms with Crippen LogP contribution in [0, 0.1) is 12.8 Å². The van der Waals surface area contributed by atoms with E-state index in [1.54, 1.807) is 14.2 Å². The Morgan fingerprint density at radius 2 is 1.85 bits per heavy atom. The fourth-order valence-corrected chi connectivity index (χ4v) is 2.42. The van der Waals surface area contributed by atoms with Crippen LogP contribution >= 0.6 is 0 Å². The molecule has 0 saturated heterocycles. The maximum absolute atomic E-state index is 5.17. The lowest BCUT2D eigenvalue weighted by Gasteiger charge is -2.19. The van der Waals surface area contributed by atoms with Gasteiger partial charge in [-0.1, -0.05) is 24.3 Å². The summed E-state index contributed by atoms with van der Waals surface area (Å²) in [6, 6.07) is 8.68. The minimum atomic E-state index is 0.656. The van der Waals surface area contributed by atoms with Crippen LogP contribution in [-0.2, 0) is 15.9 Å². The Morgan fingerprint density at radius 1 is 1.10 bits per heavy atom. The highest BCUT2D eigenvalue weighted by atomic mass is 16.5. The minimum Gasteiger partial charge on any atom is -0.385 e. The first-order valence-electron chi connectivity index (χ1n) is 7.51. The zero-order valence-electron chi connectivity index (χ0n) is 13.2. The number of methoxy groups -OCH3 is 2. The second-order valence-corrected chi connectivity index (χ2v) is 5.33. The number of ether oxygens (including phenoxy) is 2. The van der Waals surface area contributed by atoms with Gasteiger partial charge in [-0.3, -0.25) is 0 Å². The number of hydrogen-bond acceptors (Lipinski definition) is 3. The lowest BCUT2D eigenvalue weighted by atomic mass is 9.92. The molecule has 1 unspecified atom stereocenters. The van der Waals surface area contributed by atoms with E-state index >= 15 is 0 Å². The minimum absolute atomic E-state index is 0.656. The van der Waals surface area contributed by atoms with E-state index in [4.69, 9.17) is 9.47 Å². The highest BCUT2D eigenvalue weighted by Crippen LogP contribution is 2.17. The Balaban J connectivity index is 2.46. The lowest BCUT2D eigenvalue weighted by molar-refractivity contribution is 0.183. The quantitative estimate of drug-likeness (QED) is 0.632. The summed E-state index contributed by atoms with van der Waals surface area (Å²) in [7, 11) is 3.51. The first-order valence-corrected chi connectivity index (χ1v) is 7.51. The zero-order chi connectivity index (χ0) is 14.6. The number of rotatable bonds is 11. The van der Waals surface area contributed by atoms with Gasteiger partial charge in [-0.25, -0.2) is 0 Å². The maximum atomic E-state index is 5.17. The molecule has 0 saturated carbocycles. The summed E-state index contributed by atoms with van der Waals surface area (Å²) < 4.78 is 10.2. The second-order valence-electron chi connectivity index (χ2n) is 5.33. The summed E-state index contributed by atoms with van der Waals surface area (Å²) in [6.07, 6.45) is 3.46. The van der Waals surface area contributed by atoms with Crippen LogP contribution in [0.4, 0.5) is 0 Å². The third kappa shape index (κ3) is 7.04. The third-order valence-electron chi connectivity index (χ3n) is 3.65.